The van der Waals surface area contributed by atoms with Crippen molar-refractivity contribution in [3.05, 3.63) is 57.8 Å². The van der Waals surface area contributed by atoms with Crippen molar-refractivity contribution in [2.75, 3.05) is 30.9 Å². The van der Waals surface area contributed by atoms with E-state index in [0.717, 1.165) is 55.0 Å². The lowest BCUT2D eigenvalue weighted by molar-refractivity contribution is 0.0922. The number of rotatable bonds is 6. The monoisotopic (exact) mass is 489 g/mol. The SMILES string of the molecule is CN(C)c1nc(NCC2CCC(NC(=O)c3cc(F)c(Cl)cc3Cl)CC2)nc2ccccc12. The Hall–Kier alpha value is -2.64. The fourth-order valence-corrected chi connectivity index (χ4v) is 4.66. The predicted molar refractivity (Wildman–Crippen MR) is 132 cm³/mol. The summed E-state index contributed by atoms with van der Waals surface area (Å²) in [5.74, 6) is 0.916. The molecule has 0 atom stereocenters. The molecule has 0 saturated heterocycles. The number of carbonyl (C=O) groups excluding carboxylic acids is 1. The van der Waals surface area contributed by atoms with Crippen molar-refractivity contribution in [3.63, 3.8) is 0 Å². The van der Waals surface area contributed by atoms with Crippen LogP contribution in [0.3, 0.4) is 0 Å². The van der Waals surface area contributed by atoms with Gasteiger partial charge in [0.1, 0.15) is 11.6 Å². The molecule has 0 radical (unpaired) electrons. The van der Waals surface area contributed by atoms with E-state index in [4.69, 9.17) is 23.2 Å². The molecule has 1 aliphatic carbocycles. The second kappa shape index (κ2) is 10.1. The Balaban J connectivity index is 1.32. The fourth-order valence-electron chi connectivity index (χ4n) is 4.19. The summed E-state index contributed by atoms with van der Waals surface area (Å²) in [7, 11) is 3.94. The van der Waals surface area contributed by atoms with Gasteiger partial charge in [-0.3, -0.25) is 4.79 Å². The third kappa shape index (κ3) is 5.47. The molecule has 1 heterocycles. The molecule has 0 spiro atoms. The van der Waals surface area contributed by atoms with Gasteiger partial charge >= 0.3 is 0 Å². The molecule has 0 unspecified atom stereocenters. The summed E-state index contributed by atoms with van der Waals surface area (Å²) < 4.78 is 13.7. The number of anilines is 2. The van der Waals surface area contributed by atoms with Crippen molar-refractivity contribution in [2.24, 2.45) is 5.92 Å². The Labute approximate surface area is 202 Å². The first-order valence-corrected chi connectivity index (χ1v) is 11.7. The van der Waals surface area contributed by atoms with Gasteiger partial charge in [0.2, 0.25) is 5.95 Å². The van der Waals surface area contributed by atoms with E-state index in [-0.39, 0.29) is 27.6 Å². The quantitative estimate of drug-likeness (QED) is 0.444. The number of hydrogen-bond donors (Lipinski definition) is 2. The number of benzene rings is 2. The highest BCUT2D eigenvalue weighted by molar-refractivity contribution is 6.36. The Morgan fingerprint density at radius 1 is 1.09 bits per heavy atom. The van der Waals surface area contributed by atoms with Gasteiger partial charge in [0, 0.05) is 32.1 Å². The van der Waals surface area contributed by atoms with Crippen LogP contribution in [-0.4, -0.2) is 42.6 Å². The van der Waals surface area contributed by atoms with Crippen LogP contribution in [0.2, 0.25) is 10.0 Å². The topological polar surface area (TPSA) is 70.2 Å². The zero-order valence-corrected chi connectivity index (χ0v) is 20.0. The third-order valence-electron chi connectivity index (χ3n) is 5.99. The van der Waals surface area contributed by atoms with Crippen molar-refractivity contribution in [3.8, 4) is 0 Å². The molecule has 6 nitrogen and oxygen atoms in total. The number of halogens is 3. The smallest absolute Gasteiger partial charge is 0.253 e. The van der Waals surface area contributed by atoms with E-state index in [1.807, 2.05) is 43.3 Å². The molecule has 1 fully saturated rings. The number of aromatic nitrogens is 2. The van der Waals surface area contributed by atoms with Crippen LogP contribution in [0.15, 0.2) is 36.4 Å². The van der Waals surface area contributed by atoms with Gasteiger partial charge in [0.25, 0.3) is 5.91 Å². The summed E-state index contributed by atoms with van der Waals surface area (Å²) in [5, 5.41) is 7.43. The van der Waals surface area contributed by atoms with Crippen LogP contribution in [-0.2, 0) is 0 Å². The minimum absolute atomic E-state index is 0.0285. The van der Waals surface area contributed by atoms with E-state index < -0.39 is 5.82 Å². The molecule has 3 aromatic rings. The largest absolute Gasteiger partial charge is 0.362 e. The lowest BCUT2D eigenvalue weighted by Gasteiger charge is -2.29. The predicted octanol–water partition coefficient (Wildman–Crippen LogP) is 5.54. The molecule has 0 aliphatic heterocycles. The van der Waals surface area contributed by atoms with Crippen LogP contribution >= 0.6 is 23.2 Å². The summed E-state index contributed by atoms with van der Waals surface area (Å²) >= 11 is 11.8. The molecule has 1 saturated carbocycles. The maximum Gasteiger partial charge on any atom is 0.253 e. The van der Waals surface area contributed by atoms with Crippen LogP contribution in [0.5, 0.6) is 0 Å². The molecule has 2 aromatic carbocycles. The summed E-state index contributed by atoms with van der Waals surface area (Å²) in [6, 6.07) is 10.3. The van der Waals surface area contributed by atoms with Crippen LogP contribution in [0.25, 0.3) is 10.9 Å². The minimum atomic E-state index is -0.658. The lowest BCUT2D eigenvalue weighted by Crippen LogP contribution is -2.38. The number of fused-ring (bicyclic) bond motifs is 1. The zero-order chi connectivity index (χ0) is 23.5. The normalized spacial score (nSPS) is 18.2. The van der Waals surface area contributed by atoms with Crippen molar-refractivity contribution in [1.29, 1.82) is 0 Å². The highest BCUT2D eigenvalue weighted by atomic mass is 35.5. The third-order valence-corrected chi connectivity index (χ3v) is 6.59. The van der Waals surface area contributed by atoms with E-state index in [0.29, 0.717) is 11.9 Å². The highest BCUT2D eigenvalue weighted by Gasteiger charge is 2.24. The van der Waals surface area contributed by atoms with E-state index in [1.165, 1.54) is 6.07 Å². The van der Waals surface area contributed by atoms with Gasteiger partial charge < -0.3 is 15.5 Å². The molecule has 2 N–H and O–H groups in total. The van der Waals surface area contributed by atoms with E-state index in [2.05, 4.69) is 20.6 Å². The number of hydrogen-bond acceptors (Lipinski definition) is 5. The number of carbonyl (C=O) groups is 1. The van der Waals surface area contributed by atoms with Crippen LogP contribution in [0, 0.1) is 11.7 Å². The van der Waals surface area contributed by atoms with Gasteiger partial charge in [0.05, 0.1) is 21.1 Å². The van der Waals surface area contributed by atoms with Gasteiger partial charge in [-0.2, -0.15) is 4.98 Å². The summed E-state index contributed by atoms with van der Waals surface area (Å²) in [6.45, 7) is 0.764. The van der Waals surface area contributed by atoms with Crippen molar-refractivity contribution < 1.29 is 9.18 Å². The number of para-hydroxylation sites is 1. The van der Waals surface area contributed by atoms with Crippen molar-refractivity contribution in [2.45, 2.75) is 31.7 Å². The summed E-state index contributed by atoms with van der Waals surface area (Å²) in [6.07, 6.45) is 3.59. The number of nitrogens with one attached hydrogen (secondary N) is 2. The Morgan fingerprint density at radius 3 is 2.55 bits per heavy atom. The fraction of sp³-hybridized carbons (Fsp3) is 0.375. The molecular weight excluding hydrogens is 464 g/mol. The second-order valence-corrected chi connectivity index (χ2v) is 9.41. The average molecular weight is 490 g/mol. The van der Waals surface area contributed by atoms with Gasteiger partial charge in [0.15, 0.2) is 0 Å². The second-order valence-electron chi connectivity index (χ2n) is 8.60. The Kier molecular flexibility index (Phi) is 7.20. The summed E-state index contributed by atoms with van der Waals surface area (Å²) in [4.78, 5) is 23.9. The molecule has 9 heteroatoms. The molecular formula is C24H26Cl2FN5O. The molecule has 33 heavy (non-hydrogen) atoms. The first kappa shape index (κ1) is 23.5. The molecule has 174 valence electrons. The molecule has 0 bridgehead atoms. The Bertz CT molecular complexity index is 1170. The van der Waals surface area contributed by atoms with Gasteiger partial charge in [-0.05, 0) is 55.9 Å². The van der Waals surface area contributed by atoms with Gasteiger partial charge in [-0.1, -0.05) is 35.3 Å². The van der Waals surface area contributed by atoms with Gasteiger partial charge in [-0.25, -0.2) is 9.37 Å². The lowest BCUT2D eigenvalue weighted by atomic mass is 9.86. The van der Waals surface area contributed by atoms with Crippen molar-refractivity contribution in [1.82, 2.24) is 15.3 Å². The van der Waals surface area contributed by atoms with Crippen molar-refractivity contribution >= 4 is 51.8 Å². The van der Waals surface area contributed by atoms with Crippen LogP contribution < -0.4 is 15.5 Å². The van der Waals surface area contributed by atoms with Crippen LogP contribution in [0.4, 0.5) is 16.2 Å². The standard InChI is InChI=1S/C24H26Cl2FN5O/c1-32(2)22-16-5-3-4-6-21(16)30-24(31-22)28-13-14-7-9-15(10-8-14)29-23(33)17-11-20(27)19(26)12-18(17)25/h3-6,11-12,14-15H,7-10,13H2,1-2H3,(H,29,33)(H,28,30,31). The molecule has 4 rings (SSSR count). The zero-order valence-electron chi connectivity index (χ0n) is 18.5. The van der Waals surface area contributed by atoms with Crippen LogP contribution in [0.1, 0.15) is 36.0 Å². The molecule has 1 amide bonds. The minimum Gasteiger partial charge on any atom is -0.362 e. The first-order valence-electron chi connectivity index (χ1n) is 10.9. The molecule has 1 aromatic heterocycles. The number of nitrogens with zero attached hydrogens (tertiary/aromatic N) is 3. The van der Waals surface area contributed by atoms with E-state index >= 15 is 0 Å². The molecule has 1 aliphatic rings. The highest BCUT2D eigenvalue weighted by Crippen LogP contribution is 2.28. The van der Waals surface area contributed by atoms with Gasteiger partial charge in [-0.15, -0.1) is 0 Å². The van der Waals surface area contributed by atoms with E-state index in [9.17, 15) is 9.18 Å². The van der Waals surface area contributed by atoms with E-state index in [1.54, 1.807) is 0 Å². The first-order chi connectivity index (χ1) is 15.8. The Morgan fingerprint density at radius 2 is 1.82 bits per heavy atom. The average Bonchev–Trinajstić information content (AvgIpc) is 2.80. The maximum absolute atomic E-state index is 13.7. The number of amides is 1. The summed E-state index contributed by atoms with van der Waals surface area (Å²) in [5.41, 5.74) is 1.01. The maximum atomic E-state index is 13.7.